The van der Waals surface area contributed by atoms with Gasteiger partial charge in [-0.1, -0.05) is 6.07 Å². The average Bonchev–Trinajstić information content (AvgIpc) is 3.28. The van der Waals surface area contributed by atoms with Crippen LogP contribution in [0.3, 0.4) is 0 Å². The van der Waals surface area contributed by atoms with Crippen LogP contribution in [0.25, 0.3) is 10.9 Å². The third kappa shape index (κ3) is 5.03. The molecule has 33 heavy (non-hydrogen) atoms. The number of H-pyrrole nitrogens is 1. The summed E-state index contributed by atoms with van der Waals surface area (Å²) in [6.07, 6.45) is 6.08. The highest BCUT2D eigenvalue weighted by atomic mass is 19.3. The summed E-state index contributed by atoms with van der Waals surface area (Å²) < 4.78 is 29.9. The minimum absolute atomic E-state index is 0. The normalized spacial score (nSPS) is 11.5. The molecule has 0 aliphatic carbocycles. The van der Waals surface area contributed by atoms with E-state index in [2.05, 4.69) is 30.6 Å². The number of carbonyl (C=O) groups is 1. The maximum absolute atomic E-state index is 14.4. The van der Waals surface area contributed by atoms with Gasteiger partial charge >= 0.3 is 5.92 Å². The topological polar surface area (TPSA) is 118 Å². The van der Waals surface area contributed by atoms with Crippen molar-refractivity contribution in [3.8, 4) is 0 Å². The van der Waals surface area contributed by atoms with Crippen molar-refractivity contribution < 1.29 is 17.9 Å². The summed E-state index contributed by atoms with van der Waals surface area (Å²) in [5.41, 5.74) is 0.875. The molecule has 4 heterocycles. The molecule has 0 aromatic carbocycles. The van der Waals surface area contributed by atoms with E-state index in [0.29, 0.717) is 11.4 Å². The number of aromatic nitrogens is 5. The Balaban J connectivity index is 0.00000216. The largest absolute Gasteiger partial charge is 0.360 e. The van der Waals surface area contributed by atoms with E-state index in [-0.39, 0.29) is 23.2 Å². The highest BCUT2D eigenvalue weighted by molar-refractivity contribution is 5.79. The standard InChI is InChI=1S/C22H21F2N7O2.3H2/c1-14-9-29-20(30-13-22(23,24)18-4-2-3-6-26-18)21(33)31(14)12-19(32)28-10-16-8-15-5-7-25-17(15)11-27-16;;;/h2-9,11,25H,10,12-13H2,1H3,(H,28,32)(H,29,30);3*1H. The van der Waals surface area contributed by atoms with Gasteiger partial charge < -0.3 is 15.6 Å². The molecule has 9 nitrogen and oxygen atoms in total. The van der Waals surface area contributed by atoms with Crippen LogP contribution in [0.2, 0.25) is 0 Å². The molecule has 4 aromatic rings. The molecule has 176 valence electrons. The number of aryl methyl sites for hydroxylation is 1. The fourth-order valence-corrected chi connectivity index (χ4v) is 3.23. The number of fused-ring (bicyclic) bond motifs is 1. The van der Waals surface area contributed by atoms with Gasteiger partial charge in [-0.05, 0) is 31.2 Å². The summed E-state index contributed by atoms with van der Waals surface area (Å²) >= 11 is 0. The predicted molar refractivity (Wildman–Crippen MR) is 124 cm³/mol. The molecule has 0 spiro atoms. The van der Waals surface area contributed by atoms with Gasteiger partial charge in [0.05, 0.1) is 30.5 Å². The second-order valence-electron chi connectivity index (χ2n) is 7.43. The quantitative estimate of drug-likeness (QED) is 0.373. The first-order chi connectivity index (χ1) is 15.8. The van der Waals surface area contributed by atoms with Crippen molar-refractivity contribution in [2.75, 3.05) is 11.9 Å². The van der Waals surface area contributed by atoms with Gasteiger partial charge in [0.1, 0.15) is 12.2 Å². The van der Waals surface area contributed by atoms with E-state index in [1.165, 1.54) is 35.2 Å². The number of hydrogen-bond acceptors (Lipinski definition) is 6. The monoisotopic (exact) mass is 459 g/mol. The fourth-order valence-electron chi connectivity index (χ4n) is 3.23. The zero-order valence-corrected chi connectivity index (χ0v) is 17.7. The van der Waals surface area contributed by atoms with Crippen LogP contribution >= 0.6 is 0 Å². The number of anilines is 1. The van der Waals surface area contributed by atoms with Crippen molar-refractivity contribution in [2.24, 2.45) is 0 Å². The van der Waals surface area contributed by atoms with Gasteiger partial charge in [-0.15, -0.1) is 0 Å². The molecule has 0 saturated carbocycles. The Hall–Kier alpha value is -4.15. The molecule has 0 saturated heterocycles. The molecule has 0 bridgehead atoms. The van der Waals surface area contributed by atoms with E-state index in [0.717, 1.165) is 10.9 Å². The number of carbonyl (C=O) groups excluding carboxylic acids is 1. The molecule has 0 atom stereocenters. The number of aromatic amines is 1. The lowest BCUT2D eigenvalue weighted by Crippen LogP contribution is -2.36. The Bertz CT molecular complexity index is 1350. The van der Waals surface area contributed by atoms with Gasteiger partial charge in [0.15, 0.2) is 5.82 Å². The van der Waals surface area contributed by atoms with Crippen LogP contribution in [0.1, 0.15) is 21.4 Å². The maximum atomic E-state index is 14.4. The van der Waals surface area contributed by atoms with Crippen molar-refractivity contribution in [3.63, 3.8) is 0 Å². The van der Waals surface area contributed by atoms with Gasteiger partial charge in [0.2, 0.25) is 5.91 Å². The van der Waals surface area contributed by atoms with Crippen molar-refractivity contribution in [1.82, 2.24) is 29.8 Å². The number of alkyl halides is 2. The number of nitrogens with zero attached hydrogens (tertiary/aromatic N) is 4. The van der Waals surface area contributed by atoms with Gasteiger partial charge in [-0.2, -0.15) is 8.78 Å². The number of nitrogens with one attached hydrogen (secondary N) is 3. The maximum Gasteiger partial charge on any atom is 0.306 e. The van der Waals surface area contributed by atoms with E-state index in [1.807, 2.05) is 12.1 Å². The van der Waals surface area contributed by atoms with Crippen molar-refractivity contribution >= 4 is 22.6 Å². The minimum atomic E-state index is -3.31. The first-order valence-electron chi connectivity index (χ1n) is 10.1. The highest BCUT2D eigenvalue weighted by Gasteiger charge is 2.33. The molecule has 4 aromatic heterocycles. The average molecular weight is 460 g/mol. The Kier molecular flexibility index (Phi) is 6.11. The lowest BCUT2D eigenvalue weighted by Gasteiger charge is -2.17. The number of halogens is 2. The second kappa shape index (κ2) is 9.15. The number of pyridine rings is 2. The summed E-state index contributed by atoms with van der Waals surface area (Å²) in [7, 11) is 0. The van der Waals surface area contributed by atoms with Crippen LogP contribution in [-0.4, -0.2) is 37.0 Å². The lowest BCUT2D eigenvalue weighted by molar-refractivity contribution is -0.121. The molecule has 0 fully saturated rings. The summed E-state index contributed by atoms with van der Waals surface area (Å²) in [6.45, 7) is 0.634. The summed E-state index contributed by atoms with van der Waals surface area (Å²) in [5, 5.41) is 6.07. The SMILES string of the molecule is Cc1cnc(NCC(F)(F)c2ccccn2)c(=O)n1CC(=O)NCc1cc2cc[nH]c2cn1.[HH].[HH].[HH]. The van der Waals surface area contributed by atoms with E-state index < -0.39 is 29.6 Å². The molecule has 0 unspecified atom stereocenters. The van der Waals surface area contributed by atoms with Crippen LogP contribution in [0, 0.1) is 6.92 Å². The summed E-state index contributed by atoms with van der Waals surface area (Å²) in [4.78, 5) is 40.1. The van der Waals surface area contributed by atoms with Crippen LogP contribution < -0.4 is 16.2 Å². The minimum Gasteiger partial charge on any atom is -0.360 e. The Morgan fingerprint density at radius 3 is 2.85 bits per heavy atom. The van der Waals surface area contributed by atoms with Gasteiger partial charge in [0, 0.05) is 34.0 Å². The summed E-state index contributed by atoms with van der Waals surface area (Å²) in [6, 6.07) is 7.94. The molecule has 0 aliphatic heterocycles. The Morgan fingerprint density at radius 2 is 2.06 bits per heavy atom. The number of hydrogen-bond donors (Lipinski definition) is 3. The third-order valence-electron chi connectivity index (χ3n) is 5.03. The lowest BCUT2D eigenvalue weighted by atomic mass is 10.2. The molecule has 3 N–H and O–H groups in total. The van der Waals surface area contributed by atoms with Crippen molar-refractivity contribution in [2.45, 2.75) is 25.9 Å². The zero-order valence-electron chi connectivity index (χ0n) is 17.7. The Labute approximate surface area is 191 Å². The molecule has 1 amide bonds. The van der Waals surface area contributed by atoms with Crippen LogP contribution in [0.15, 0.2) is 59.9 Å². The van der Waals surface area contributed by atoms with Gasteiger partial charge in [-0.25, -0.2) is 4.98 Å². The highest BCUT2D eigenvalue weighted by Crippen LogP contribution is 2.25. The molecule has 0 aliphatic rings. The fraction of sp³-hybridized carbons (Fsp3) is 0.227. The van der Waals surface area contributed by atoms with Crippen LogP contribution in [0.5, 0.6) is 0 Å². The van der Waals surface area contributed by atoms with Crippen molar-refractivity contribution in [3.05, 3.63) is 82.6 Å². The smallest absolute Gasteiger partial charge is 0.306 e. The van der Waals surface area contributed by atoms with E-state index >= 15 is 0 Å². The van der Waals surface area contributed by atoms with E-state index in [9.17, 15) is 18.4 Å². The first-order valence-corrected chi connectivity index (χ1v) is 10.1. The molecular weight excluding hydrogens is 432 g/mol. The van der Waals surface area contributed by atoms with Gasteiger partial charge in [-0.3, -0.25) is 24.1 Å². The van der Waals surface area contributed by atoms with E-state index in [1.54, 1.807) is 19.3 Å². The number of rotatable bonds is 8. The van der Waals surface area contributed by atoms with E-state index in [4.69, 9.17) is 0 Å². The second-order valence-corrected chi connectivity index (χ2v) is 7.43. The molecular formula is C22H27F2N7O2. The van der Waals surface area contributed by atoms with Crippen LogP contribution in [0.4, 0.5) is 14.6 Å². The zero-order chi connectivity index (χ0) is 23.4. The molecule has 11 heteroatoms. The van der Waals surface area contributed by atoms with Crippen LogP contribution in [-0.2, 0) is 23.8 Å². The molecule has 0 radical (unpaired) electrons. The van der Waals surface area contributed by atoms with Gasteiger partial charge in [0.25, 0.3) is 5.56 Å². The van der Waals surface area contributed by atoms with Crippen molar-refractivity contribution in [1.29, 1.82) is 0 Å². The summed E-state index contributed by atoms with van der Waals surface area (Å²) in [5.74, 6) is -4.01. The third-order valence-corrected chi connectivity index (χ3v) is 5.03. The molecule has 4 rings (SSSR count). The number of amides is 1. The first kappa shape index (κ1) is 22.1. The predicted octanol–water partition coefficient (Wildman–Crippen LogP) is 3.08. The Morgan fingerprint density at radius 1 is 1.21 bits per heavy atom.